The highest BCUT2D eigenvalue weighted by Gasteiger charge is 2.16. The van der Waals surface area contributed by atoms with Crippen molar-refractivity contribution in [3.63, 3.8) is 0 Å². The predicted molar refractivity (Wildman–Crippen MR) is 82.7 cm³/mol. The summed E-state index contributed by atoms with van der Waals surface area (Å²) in [4.78, 5) is 24.5. The first kappa shape index (κ1) is 16.7. The Hall–Kier alpha value is -1.40. The largest absolute Gasteiger partial charge is 0.351 e. The number of benzene rings is 1. The van der Waals surface area contributed by atoms with Gasteiger partial charge in [0.15, 0.2) is 13.1 Å². The second-order valence-corrected chi connectivity index (χ2v) is 5.29. The lowest BCUT2D eigenvalue weighted by atomic mass is 10.3. The molecule has 6 heteroatoms. The van der Waals surface area contributed by atoms with Gasteiger partial charge in [-0.2, -0.15) is 0 Å². The zero-order valence-corrected chi connectivity index (χ0v) is 13.4. The van der Waals surface area contributed by atoms with Crippen LogP contribution in [0, 0.1) is 0 Å². The average molecular weight is 343 g/mol. The van der Waals surface area contributed by atoms with Gasteiger partial charge in [-0.3, -0.25) is 9.59 Å². The molecule has 3 N–H and O–H groups in total. The molecule has 0 aliphatic carbocycles. The number of para-hydroxylation sites is 1. The lowest BCUT2D eigenvalue weighted by Gasteiger charge is -2.16. The van der Waals surface area contributed by atoms with E-state index in [-0.39, 0.29) is 18.4 Å². The van der Waals surface area contributed by atoms with Crippen LogP contribution in [0.1, 0.15) is 13.8 Å². The van der Waals surface area contributed by atoms with E-state index in [2.05, 4.69) is 26.6 Å². The molecule has 1 aromatic rings. The topological polar surface area (TPSA) is 62.6 Å². The maximum Gasteiger partial charge on any atom is 0.279 e. The van der Waals surface area contributed by atoms with E-state index in [9.17, 15) is 9.59 Å². The summed E-state index contributed by atoms with van der Waals surface area (Å²) >= 11 is 3.38. The minimum atomic E-state index is -0.0990. The van der Waals surface area contributed by atoms with Crippen LogP contribution in [0.4, 0.5) is 5.69 Å². The van der Waals surface area contributed by atoms with Gasteiger partial charge in [0.2, 0.25) is 0 Å². The highest BCUT2D eigenvalue weighted by Crippen LogP contribution is 2.20. The monoisotopic (exact) mass is 342 g/mol. The molecule has 0 aromatic heterocycles. The maximum atomic E-state index is 12.0. The van der Waals surface area contributed by atoms with Crippen LogP contribution in [0.15, 0.2) is 28.7 Å². The van der Waals surface area contributed by atoms with Crippen molar-refractivity contribution in [2.45, 2.75) is 13.8 Å². The van der Waals surface area contributed by atoms with E-state index in [0.717, 1.165) is 21.6 Å². The van der Waals surface area contributed by atoms with Crippen molar-refractivity contribution in [2.24, 2.45) is 0 Å². The number of carbonyl (C=O) groups excluding carboxylic acids is 2. The molecule has 0 saturated heterocycles. The third-order valence-electron chi connectivity index (χ3n) is 2.84. The first-order valence-corrected chi connectivity index (χ1v) is 7.50. The van der Waals surface area contributed by atoms with Gasteiger partial charge in [0.05, 0.1) is 12.2 Å². The fraction of sp³-hybridized carbons (Fsp3) is 0.429. The van der Waals surface area contributed by atoms with Crippen LogP contribution in [-0.2, 0) is 9.59 Å². The second-order valence-electron chi connectivity index (χ2n) is 4.44. The van der Waals surface area contributed by atoms with E-state index in [1.54, 1.807) is 0 Å². The zero-order chi connectivity index (χ0) is 15.0. The third kappa shape index (κ3) is 5.71. The molecule has 0 spiro atoms. The van der Waals surface area contributed by atoms with E-state index < -0.39 is 0 Å². The molecule has 110 valence electrons. The Balaban J connectivity index is 2.51. The molecule has 0 heterocycles. The molecule has 1 unspecified atom stereocenters. The normalized spacial score (nSPS) is 11.8. The molecule has 0 aliphatic heterocycles. The van der Waals surface area contributed by atoms with Crippen LogP contribution in [0.5, 0.6) is 0 Å². The van der Waals surface area contributed by atoms with Crippen molar-refractivity contribution in [3.05, 3.63) is 28.7 Å². The number of hydrogen-bond donors (Lipinski definition) is 3. The Morgan fingerprint density at radius 1 is 1.15 bits per heavy atom. The lowest BCUT2D eigenvalue weighted by molar-refractivity contribution is -0.881. The van der Waals surface area contributed by atoms with Crippen LogP contribution < -0.4 is 15.5 Å². The fourth-order valence-electron chi connectivity index (χ4n) is 1.78. The molecule has 1 atom stereocenters. The first-order chi connectivity index (χ1) is 9.56. The molecule has 0 fully saturated rings. The molecule has 5 nitrogen and oxygen atoms in total. The number of carbonyl (C=O) groups is 2. The first-order valence-electron chi connectivity index (χ1n) is 6.71. The molecule has 0 radical (unpaired) electrons. The van der Waals surface area contributed by atoms with Crippen LogP contribution in [-0.4, -0.2) is 38.0 Å². The molecule has 2 amide bonds. The highest BCUT2D eigenvalue weighted by atomic mass is 79.9. The lowest BCUT2D eigenvalue weighted by Crippen LogP contribution is -3.14. The molecule has 0 aliphatic rings. The number of nitrogens with one attached hydrogen (secondary N) is 3. The molecule has 1 rings (SSSR count). The Morgan fingerprint density at radius 2 is 1.80 bits per heavy atom. The second kappa shape index (κ2) is 8.71. The van der Waals surface area contributed by atoms with Crippen LogP contribution in [0.2, 0.25) is 0 Å². The van der Waals surface area contributed by atoms with Crippen molar-refractivity contribution in [3.8, 4) is 0 Å². The minimum Gasteiger partial charge on any atom is -0.351 e. The van der Waals surface area contributed by atoms with E-state index in [1.807, 2.05) is 38.1 Å². The van der Waals surface area contributed by atoms with Crippen LogP contribution >= 0.6 is 15.9 Å². The van der Waals surface area contributed by atoms with Gasteiger partial charge in [0.25, 0.3) is 11.8 Å². The summed E-state index contributed by atoms with van der Waals surface area (Å²) in [7, 11) is 0. The minimum absolute atomic E-state index is 0.0296. The van der Waals surface area contributed by atoms with Gasteiger partial charge in [-0.1, -0.05) is 12.1 Å². The van der Waals surface area contributed by atoms with E-state index in [0.29, 0.717) is 13.1 Å². The third-order valence-corrected chi connectivity index (χ3v) is 3.53. The Morgan fingerprint density at radius 3 is 2.40 bits per heavy atom. The van der Waals surface area contributed by atoms with Gasteiger partial charge in [-0.05, 0) is 41.9 Å². The quantitative estimate of drug-likeness (QED) is 0.672. The van der Waals surface area contributed by atoms with Gasteiger partial charge >= 0.3 is 0 Å². The highest BCUT2D eigenvalue weighted by molar-refractivity contribution is 9.10. The van der Waals surface area contributed by atoms with Crippen molar-refractivity contribution in [1.82, 2.24) is 5.32 Å². The SMILES string of the molecule is CCNC(=O)C[NH+](CC)CC(=O)Nc1ccccc1Br. The standard InChI is InChI=1S/C14H20BrN3O2/c1-3-16-13(19)9-18(4-2)10-14(20)17-12-8-6-5-7-11(12)15/h5-8H,3-4,9-10H2,1-2H3,(H,16,19)(H,17,20)/p+1. The van der Waals surface area contributed by atoms with E-state index in [4.69, 9.17) is 0 Å². The molecule has 20 heavy (non-hydrogen) atoms. The van der Waals surface area contributed by atoms with Crippen molar-refractivity contribution in [1.29, 1.82) is 0 Å². The van der Waals surface area contributed by atoms with Crippen molar-refractivity contribution in [2.75, 3.05) is 31.5 Å². The summed E-state index contributed by atoms with van der Waals surface area (Å²) in [6, 6.07) is 7.45. The average Bonchev–Trinajstić information content (AvgIpc) is 2.41. The molecule has 0 bridgehead atoms. The summed E-state index contributed by atoms with van der Waals surface area (Å²) in [5, 5.41) is 5.59. The number of amides is 2. The van der Waals surface area contributed by atoms with E-state index >= 15 is 0 Å². The molecule has 0 saturated carbocycles. The summed E-state index contributed by atoms with van der Waals surface area (Å²) < 4.78 is 0.843. The molecular formula is C14H21BrN3O2+. The molecular weight excluding hydrogens is 322 g/mol. The number of hydrogen-bond acceptors (Lipinski definition) is 2. The maximum absolute atomic E-state index is 12.0. The number of quaternary nitrogens is 1. The van der Waals surface area contributed by atoms with Crippen molar-refractivity contribution < 1.29 is 14.5 Å². The zero-order valence-electron chi connectivity index (χ0n) is 11.8. The number of anilines is 1. The summed E-state index contributed by atoms with van der Waals surface area (Å²) in [6.07, 6.45) is 0. The Labute approximate surface area is 127 Å². The van der Waals surface area contributed by atoms with E-state index in [1.165, 1.54) is 0 Å². The van der Waals surface area contributed by atoms with Gasteiger partial charge in [-0.25, -0.2) is 0 Å². The summed E-state index contributed by atoms with van der Waals surface area (Å²) in [5.74, 6) is -0.129. The number of likely N-dealkylation sites (N-methyl/N-ethyl adjacent to an activating group) is 2. The van der Waals surface area contributed by atoms with Crippen molar-refractivity contribution >= 4 is 33.4 Å². The van der Waals surface area contributed by atoms with Gasteiger partial charge < -0.3 is 15.5 Å². The number of halogens is 1. The summed E-state index contributed by atoms with van der Waals surface area (Å²) in [5.41, 5.74) is 0.742. The van der Waals surface area contributed by atoms with Gasteiger partial charge in [0, 0.05) is 11.0 Å². The Bertz CT molecular complexity index is 465. The van der Waals surface area contributed by atoms with Crippen LogP contribution in [0.3, 0.4) is 0 Å². The predicted octanol–water partition coefficient (Wildman–Crippen LogP) is 0.429. The smallest absolute Gasteiger partial charge is 0.279 e. The number of rotatable bonds is 7. The molecule has 1 aromatic carbocycles. The van der Waals surface area contributed by atoms with Gasteiger partial charge in [0.1, 0.15) is 0 Å². The van der Waals surface area contributed by atoms with Gasteiger partial charge in [-0.15, -0.1) is 0 Å². The fourth-order valence-corrected chi connectivity index (χ4v) is 2.17. The van der Waals surface area contributed by atoms with Crippen LogP contribution in [0.25, 0.3) is 0 Å². The Kier molecular flexibility index (Phi) is 7.25. The summed E-state index contributed by atoms with van der Waals surface area (Å²) in [6.45, 7) is 5.76.